The van der Waals surface area contributed by atoms with Gasteiger partial charge in [-0.25, -0.2) is 0 Å². The monoisotopic (exact) mass is 323 g/mol. The second kappa shape index (κ2) is 7.75. The molecule has 5 nitrogen and oxygen atoms in total. The van der Waals surface area contributed by atoms with Gasteiger partial charge in [0.25, 0.3) is 11.8 Å². The highest BCUT2D eigenvalue weighted by molar-refractivity contribution is 6.04. The molecule has 3 rings (SSSR count). The lowest BCUT2D eigenvalue weighted by Crippen LogP contribution is -2.37. The van der Waals surface area contributed by atoms with Crippen molar-refractivity contribution < 1.29 is 9.59 Å². The summed E-state index contributed by atoms with van der Waals surface area (Å²) in [7, 11) is 0. The molecule has 3 N–H and O–H groups in total. The van der Waals surface area contributed by atoms with E-state index in [9.17, 15) is 9.59 Å². The number of anilines is 1. The Kier molecular flexibility index (Phi) is 5.23. The summed E-state index contributed by atoms with van der Waals surface area (Å²) in [5.74, 6) is -0.259. The summed E-state index contributed by atoms with van der Waals surface area (Å²) in [6, 6.07) is 16.3. The number of hydrogen-bond acceptors (Lipinski definition) is 3. The third-order valence-electron chi connectivity index (χ3n) is 4.11. The Morgan fingerprint density at radius 1 is 0.958 bits per heavy atom. The summed E-state index contributed by atoms with van der Waals surface area (Å²) in [5.41, 5.74) is 1.85. The summed E-state index contributed by atoms with van der Waals surface area (Å²) in [4.78, 5) is 24.2. The van der Waals surface area contributed by atoms with Crippen LogP contribution in [0.4, 0.5) is 5.69 Å². The number of benzene rings is 2. The SMILES string of the molecule is O=C(NCC1CCCN1)c1ccc(NC(=O)c2ccccc2)cc1. The van der Waals surface area contributed by atoms with Crippen molar-refractivity contribution in [1.29, 1.82) is 0 Å². The summed E-state index contributed by atoms with van der Waals surface area (Å²) in [6.07, 6.45) is 2.26. The molecule has 1 saturated heterocycles. The van der Waals surface area contributed by atoms with Gasteiger partial charge in [-0.15, -0.1) is 0 Å². The molecule has 24 heavy (non-hydrogen) atoms. The molecule has 2 aromatic rings. The Morgan fingerprint density at radius 2 is 1.67 bits per heavy atom. The third-order valence-corrected chi connectivity index (χ3v) is 4.11. The summed E-state index contributed by atoms with van der Waals surface area (Å²) >= 11 is 0. The minimum Gasteiger partial charge on any atom is -0.350 e. The van der Waals surface area contributed by atoms with E-state index in [1.807, 2.05) is 18.2 Å². The smallest absolute Gasteiger partial charge is 0.255 e. The highest BCUT2D eigenvalue weighted by Gasteiger charge is 2.15. The lowest BCUT2D eigenvalue weighted by molar-refractivity contribution is 0.0949. The van der Waals surface area contributed by atoms with Crippen LogP contribution in [0.2, 0.25) is 0 Å². The fourth-order valence-electron chi connectivity index (χ4n) is 2.75. The first-order chi connectivity index (χ1) is 11.7. The molecule has 0 aliphatic carbocycles. The second-order valence-corrected chi connectivity index (χ2v) is 5.90. The Bertz CT molecular complexity index is 692. The molecule has 1 heterocycles. The number of carbonyl (C=O) groups excluding carboxylic acids is 2. The molecular weight excluding hydrogens is 302 g/mol. The average molecular weight is 323 g/mol. The predicted octanol–water partition coefficient (Wildman–Crippen LogP) is 2.42. The average Bonchev–Trinajstić information content (AvgIpc) is 3.14. The highest BCUT2D eigenvalue weighted by atomic mass is 16.2. The van der Waals surface area contributed by atoms with Gasteiger partial charge in [-0.2, -0.15) is 0 Å². The van der Waals surface area contributed by atoms with E-state index >= 15 is 0 Å². The molecule has 1 unspecified atom stereocenters. The van der Waals surface area contributed by atoms with Gasteiger partial charge in [-0.3, -0.25) is 9.59 Å². The van der Waals surface area contributed by atoms with E-state index in [4.69, 9.17) is 0 Å². The van der Waals surface area contributed by atoms with Gasteiger partial charge in [-0.1, -0.05) is 18.2 Å². The van der Waals surface area contributed by atoms with Crippen LogP contribution in [-0.4, -0.2) is 30.9 Å². The largest absolute Gasteiger partial charge is 0.350 e. The van der Waals surface area contributed by atoms with Crippen LogP contribution in [0.3, 0.4) is 0 Å². The van der Waals surface area contributed by atoms with E-state index in [1.54, 1.807) is 36.4 Å². The van der Waals surface area contributed by atoms with Gasteiger partial charge in [0.1, 0.15) is 0 Å². The maximum atomic E-state index is 12.1. The van der Waals surface area contributed by atoms with Crippen LogP contribution in [0.1, 0.15) is 33.6 Å². The van der Waals surface area contributed by atoms with E-state index in [0.717, 1.165) is 19.4 Å². The molecule has 0 saturated carbocycles. The standard InChI is InChI=1S/C19H21N3O2/c23-18(21-13-17-7-4-12-20-17)15-8-10-16(11-9-15)22-19(24)14-5-2-1-3-6-14/h1-3,5-6,8-11,17,20H,4,7,12-13H2,(H,21,23)(H,22,24). The van der Waals surface area contributed by atoms with Crippen molar-refractivity contribution in [3.05, 3.63) is 65.7 Å². The lowest BCUT2D eigenvalue weighted by Gasteiger charge is -2.12. The zero-order chi connectivity index (χ0) is 16.8. The minimum absolute atomic E-state index is 0.0929. The molecule has 5 heteroatoms. The lowest BCUT2D eigenvalue weighted by atomic mass is 10.1. The zero-order valence-corrected chi connectivity index (χ0v) is 13.4. The molecule has 2 amide bonds. The quantitative estimate of drug-likeness (QED) is 0.791. The topological polar surface area (TPSA) is 70.2 Å². The molecule has 0 spiro atoms. The Balaban J connectivity index is 1.54. The van der Waals surface area contributed by atoms with Gasteiger partial charge in [0, 0.05) is 29.4 Å². The summed E-state index contributed by atoms with van der Waals surface area (Å²) in [6.45, 7) is 1.67. The predicted molar refractivity (Wildman–Crippen MR) is 94.2 cm³/mol. The van der Waals surface area contributed by atoms with Crippen LogP contribution in [0, 0.1) is 0 Å². The Labute approximate surface area is 141 Å². The maximum Gasteiger partial charge on any atom is 0.255 e. The van der Waals surface area contributed by atoms with Crippen molar-refractivity contribution in [1.82, 2.24) is 10.6 Å². The van der Waals surface area contributed by atoms with Crippen LogP contribution >= 0.6 is 0 Å². The molecule has 0 bridgehead atoms. The van der Waals surface area contributed by atoms with Gasteiger partial charge in [-0.05, 0) is 55.8 Å². The van der Waals surface area contributed by atoms with Gasteiger partial charge in [0.05, 0.1) is 0 Å². The van der Waals surface area contributed by atoms with Crippen LogP contribution in [0.15, 0.2) is 54.6 Å². The molecule has 1 fully saturated rings. The van der Waals surface area contributed by atoms with Crippen molar-refractivity contribution in [2.75, 3.05) is 18.4 Å². The van der Waals surface area contributed by atoms with E-state index in [2.05, 4.69) is 16.0 Å². The third kappa shape index (κ3) is 4.20. The number of amides is 2. The van der Waals surface area contributed by atoms with Gasteiger partial charge in [0.2, 0.25) is 0 Å². The first-order valence-electron chi connectivity index (χ1n) is 8.20. The zero-order valence-electron chi connectivity index (χ0n) is 13.4. The number of hydrogen-bond donors (Lipinski definition) is 3. The molecule has 1 atom stereocenters. The van der Waals surface area contributed by atoms with Gasteiger partial charge >= 0.3 is 0 Å². The fourth-order valence-corrected chi connectivity index (χ4v) is 2.75. The van der Waals surface area contributed by atoms with Crippen molar-refractivity contribution in [3.8, 4) is 0 Å². The number of rotatable bonds is 5. The highest BCUT2D eigenvalue weighted by Crippen LogP contribution is 2.12. The first kappa shape index (κ1) is 16.2. The van der Waals surface area contributed by atoms with E-state index in [-0.39, 0.29) is 11.8 Å². The van der Waals surface area contributed by atoms with Crippen LogP contribution in [0.25, 0.3) is 0 Å². The Hall–Kier alpha value is -2.66. The minimum atomic E-state index is -0.167. The number of nitrogens with one attached hydrogen (secondary N) is 3. The van der Waals surface area contributed by atoms with E-state index < -0.39 is 0 Å². The molecule has 124 valence electrons. The van der Waals surface area contributed by atoms with Crippen molar-refractivity contribution in [2.24, 2.45) is 0 Å². The van der Waals surface area contributed by atoms with Crippen LogP contribution < -0.4 is 16.0 Å². The van der Waals surface area contributed by atoms with Gasteiger partial charge in [0.15, 0.2) is 0 Å². The van der Waals surface area contributed by atoms with Crippen LogP contribution in [0.5, 0.6) is 0 Å². The second-order valence-electron chi connectivity index (χ2n) is 5.90. The van der Waals surface area contributed by atoms with Crippen molar-refractivity contribution >= 4 is 17.5 Å². The molecule has 1 aliphatic rings. The van der Waals surface area contributed by atoms with Crippen molar-refractivity contribution in [2.45, 2.75) is 18.9 Å². The fraction of sp³-hybridized carbons (Fsp3) is 0.263. The van der Waals surface area contributed by atoms with Crippen LogP contribution in [-0.2, 0) is 0 Å². The molecule has 1 aliphatic heterocycles. The maximum absolute atomic E-state index is 12.1. The molecular formula is C19H21N3O2. The molecule has 2 aromatic carbocycles. The normalized spacial score (nSPS) is 16.6. The first-order valence-corrected chi connectivity index (χ1v) is 8.20. The summed E-state index contributed by atoms with van der Waals surface area (Å²) < 4.78 is 0. The Morgan fingerprint density at radius 3 is 2.33 bits per heavy atom. The molecule has 0 aromatic heterocycles. The van der Waals surface area contributed by atoms with Gasteiger partial charge < -0.3 is 16.0 Å². The molecule has 0 radical (unpaired) electrons. The summed E-state index contributed by atoms with van der Waals surface area (Å²) in [5, 5.41) is 9.11. The number of carbonyl (C=O) groups is 2. The van der Waals surface area contributed by atoms with E-state index in [0.29, 0.717) is 29.4 Å². The van der Waals surface area contributed by atoms with Crippen molar-refractivity contribution in [3.63, 3.8) is 0 Å². The van der Waals surface area contributed by atoms with E-state index in [1.165, 1.54) is 0 Å².